The van der Waals surface area contributed by atoms with Gasteiger partial charge in [-0.1, -0.05) is 163 Å². The second-order valence-corrected chi connectivity index (χ2v) is 24.5. The first-order valence-electron chi connectivity index (χ1n) is 29.8. The van der Waals surface area contributed by atoms with E-state index >= 15 is 0 Å². The van der Waals surface area contributed by atoms with Crippen LogP contribution in [-0.4, -0.2) is 81.3 Å². The number of likely N-dealkylation sites (tertiary alicyclic amines) is 1. The van der Waals surface area contributed by atoms with Gasteiger partial charge >= 0.3 is 12.1 Å². The van der Waals surface area contributed by atoms with Gasteiger partial charge in [-0.2, -0.15) is 0 Å². The van der Waals surface area contributed by atoms with Crippen molar-refractivity contribution in [1.82, 2.24) is 10.2 Å². The second kappa shape index (κ2) is 31.0. The topological polar surface area (TPSA) is 86.3 Å². The third kappa shape index (κ3) is 18.5. The predicted molar refractivity (Wildman–Crippen MR) is 286 cm³/mol. The molecule has 5 aliphatic rings. The van der Waals surface area contributed by atoms with E-state index in [1.165, 1.54) is 160 Å². The number of allylic oxidation sites excluding steroid dienone is 3. The van der Waals surface area contributed by atoms with Gasteiger partial charge in [-0.15, -0.1) is 0 Å². The lowest BCUT2D eigenvalue weighted by molar-refractivity contribution is -0.150. The molecule has 1 aliphatic heterocycles. The van der Waals surface area contributed by atoms with Crippen LogP contribution in [0.5, 0.6) is 0 Å². The van der Waals surface area contributed by atoms with Gasteiger partial charge in [0.15, 0.2) is 0 Å². The molecule has 0 aromatic heterocycles. The number of carbonyl (C=O) groups excluding carboxylic acids is 2. The molecule has 1 N–H and O–H groups in total. The summed E-state index contributed by atoms with van der Waals surface area (Å²) in [6.45, 7) is 23.4. The third-order valence-electron chi connectivity index (χ3n) is 18.4. The fourth-order valence-corrected chi connectivity index (χ4v) is 14.3. The Kier molecular flexibility index (Phi) is 26.0. The number of ether oxygens (including phenoxy) is 4. The van der Waals surface area contributed by atoms with Gasteiger partial charge in [0.1, 0.15) is 18.8 Å². The third-order valence-corrected chi connectivity index (χ3v) is 18.4. The summed E-state index contributed by atoms with van der Waals surface area (Å²) in [6, 6.07) is -0.783. The van der Waals surface area contributed by atoms with E-state index in [2.05, 4.69) is 70.0 Å². The van der Waals surface area contributed by atoms with Crippen LogP contribution in [0.15, 0.2) is 23.8 Å². The molecule has 8 heteroatoms. The van der Waals surface area contributed by atoms with Crippen LogP contribution in [0, 0.1) is 52.3 Å². The second-order valence-electron chi connectivity index (χ2n) is 24.5. The van der Waals surface area contributed by atoms with Crippen molar-refractivity contribution in [1.29, 1.82) is 0 Å². The average molecular weight is 966 g/mol. The zero-order valence-electron chi connectivity index (χ0n) is 46.2. The Morgan fingerprint density at radius 3 is 2.16 bits per heavy atom. The Morgan fingerprint density at radius 2 is 1.46 bits per heavy atom. The van der Waals surface area contributed by atoms with E-state index in [0.29, 0.717) is 18.6 Å². The van der Waals surface area contributed by atoms with E-state index in [9.17, 15) is 9.59 Å². The summed E-state index contributed by atoms with van der Waals surface area (Å²) in [5, 5.41) is 2.91. The summed E-state index contributed by atoms with van der Waals surface area (Å²) < 4.78 is 24.4. The number of esters is 1. The van der Waals surface area contributed by atoms with Crippen molar-refractivity contribution >= 4 is 12.1 Å². The first kappa shape index (κ1) is 58.0. The summed E-state index contributed by atoms with van der Waals surface area (Å²) in [6.07, 6.45) is 42.1. The molecule has 4 aliphatic carbocycles. The molecule has 8 nitrogen and oxygen atoms in total. The number of rotatable bonds is 33. The molecule has 0 spiro atoms. The van der Waals surface area contributed by atoms with Gasteiger partial charge in [0, 0.05) is 19.6 Å². The van der Waals surface area contributed by atoms with Crippen molar-refractivity contribution in [3.8, 4) is 0 Å². The van der Waals surface area contributed by atoms with Gasteiger partial charge in [-0.3, -0.25) is 0 Å². The highest BCUT2D eigenvalue weighted by Gasteiger charge is 2.59. The maximum Gasteiger partial charge on any atom is 0.408 e. The lowest BCUT2D eigenvalue weighted by Gasteiger charge is -2.58. The molecule has 5 rings (SSSR count). The Morgan fingerprint density at radius 1 is 0.768 bits per heavy atom. The largest absolute Gasteiger partial charge is 0.462 e. The number of alkyl carbamates (subject to hydrolysis) is 1. The van der Waals surface area contributed by atoms with Crippen LogP contribution >= 0.6 is 0 Å². The Balaban J connectivity index is 0.974. The highest BCUT2D eigenvalue weighted by atomic mass is 16.6. The smallest absolute Gasteiger partial charge is 0.408 e. The lowest BCUT2D eigenvalue weighted by atomic mass is 9.47. The number of unbranched alkanes of at least 4 members (excludes halogenated alkanes) is 12. The Bertz CT molecular complexity index is 1510. The maximum atomic E-state index is 13.4. The quantitative estimate of drug-likeness (QED) is 0.0398. The van der Waals surface area contributed by atoms with Crippen LogP contribution in [-0.2, 0) is 23.7 Å². The number of amides is 1. The molecule has 4 fully saturated rings. The van der Waals surface area contributed by atoms with E-state index in [1.807, 2.05) is 13.8 Å². The van der Waals surface area contributed by atoms with E-state index in [1.54, 1.807) is 0 Å². The first-order chi connectivity index (χ1) is 33.4. The van der Waals surface area contributed by atoms with E-state index in [-0.39, 0.29) is 30.1 Å². The summed E-state index contributed by atoms with van der Waals surface area (Å²) in [7, 11) is 0. The van der Waals surface area contributed by atoms with Crippen molar-refractivity contribution in [2.24, 2.45) is 52.3 Å². The monoisotopic (exact) mass is 965 g/mol. The van der Waals surface area contributed by atoms with Crippen molar-refractivity contribution in [2.75, 3.05) is 46.1 Å². The van der Waals surface area contributed by atoms with Gasteiger partial charge in [-0.25, -0.2) is 9.59 Å². The summed E-state index contributed by atoms with van der Waals surface area (Å²) in [4.78, 5) is 29.4. The van der Waals surface area contributed by atoms with Gasteiger partial charge in [-0.05, 0) is 155 Å². The fourth-order valence-electron chi connectivity index (χ4n) is 14.3. The minimum atomic E-state index is -0.783. The summed E-state index contributed by atoms with van der Waals surface area (Å²) in [5.74, 6) is 4.25. The Labute approximate surface area is 424 Å². The van der Waals surface area contributed by atoms with E-state index < -0.39 is 18.1 Å². The molecule has 0 aromatic rings. The number of nitrogens with one attached hydrogen (secondary N) is 1. The van der Waals surface area contributed by atoms with Crippen LogP contribution in [0.25, 0.3) is 0 Å². The molecule has 3 saturated carbocycles. The van der Waals surface area contributed by atoms with Gasteiger partial charge in [0.05, 0.1) is 19.3 Å². The number of hydrogen-bond acceptors (Lipinski definition) is 7. The maximum absolute atomic E-state index is 13.4. The van der Waals surface area contributed by atoms with Gasteiger partial charge in [0.25, 0.3) is 0 Å². The number of hydrogen-bond donors (Lipinski definition) is 1. The normalized spacial score (nSPS) is 28.5. The lowest BCUT2D eigenvalue weighted by Crippen LogP contribution is -2.51. The molecule has 1 amide bonds. The highest BCUT2D eigenvalue weighted by Crippen LogP contribution is 2.67. The Hall–Kier alpha value is -1.90. The van der Waals surface area contributed by atoms with Crippen molar-refractivity contribution in [3.63, 3.8) is 0 Å². The highest BCUT2D eigenvalue weighted by molar-refractivity contribution is 5.81. The van der Waals surface area contributed by atoms with Crippen LogP contribution in [0.4, 0.5) is 4.79 Å². The first-order valence-corrected chi connectivity index (χ1v) is 29.8. The standard InChI is InChI=1S/C61H108N2O6/c1-9-10-11-12-13-14-15-16-17-18-19-20-21-22-23-27-41-66-46-52(45-63-39-25-24-26-40-63)67-42-43-68-58(64)57(48(4)5)62-59(65)69-51-35-37-60(7)50(44-51)31-32-53-55-34-33-54(49(6)30-28-29-47(2)3)61(55,8)38-36-56(53)60/h16-17,31,47-49,51-57H,9-15,18-30,32-46H2,1-8H3,(H,62,65)/b17-16-/t49-,51?,52?,53+,54-,55+,56+,57+,60+,61-/m1/s1. The van der Waals surface area contributed by atoms with Crippen LogP contribution < -0.4 is 5.32 Å². The van der Waals surface area contributed by atoms with E-state index in [4.69, 9.17) is 18.9 Å². The van der Waals surface area contributed by atoms with Gasteiger partial charge < -0.3 is 29.2 Å². The number of carbonyl (C=O) groups is 2. The molecular weight excluding hydrogens is 857 g/mol. The molecule has 2 unspecified atom stereocenters. The van der Waals surface area contributed by atoms with E-state index in [0.717, 1.165) is 87.4 Å². The minimum Gasteiger partial charge on any atom is -0.462 e. The molecule has 398 valence electrons. The average Bonchev–Trinajstić information content (AvgIpc) is 3.69. The van der Waals surface area contributed by atoms with Crippen molar-refractivity contribution < 1.29 is 28.5 Å². The van der Waals surface area contributed by atoms with Crippen LogP contribution in [0.2, 0.25) is 0 Å². The zero-order valence-corrected chi connectivity index (χ0v) is 46.2. The molecule has 0 bridgehead atoms. The van der Waals surface area contributed by atoms with Crippen molar-refractivity contribution in [3.05, 3.63) is 23.8 Å². The van der Waals surface area contributed by atoms with Crippen molar-refractivity contribution in [2.45, 2.75) is 253 Å². The predicted octanol–water partition coefficient (Wildman–Crippen LogP) is 15.6. The molecule has 1 heterocycles. The minimum absolute atomic E-state index is 0.0705. The summed E-state index contributed by atoms with van der Waals surface area (Å²) in [5.41, 5.74) is 2.18. The SMILES string of the molecule is CCCCCCCC/C=C\CCCCCCCCOCC(CN1CCCCC1)OCCOC(=O)[C@@H](NC(=O)OC1CC[C@@]2(C)C(=CC[C@H]3[C@@H]4CC[C@H]([C@H](C)CCCC(C)C)[C@@]4(C)CC[C@@H]32)C1)C(C)C. The molecular formula is C61H108N2O6. The van der Waals surface area contributed by atoms with Gasteiger partial charge in [0.2, 0.25) is 0 Å². The molecule has 0 aromatic carbocycles. The summed E-state index contributed by atoms with van der Waals surface area (Å²) >= 11 is 0. The molecule has 1 saturated heterocycles. The number of fused-ring (bicyclic) bond motifs is 5. The van der Waals surface area contributed by atoms with Crippen LogP contribution in [0.1, 0.15) is 235 Å². The fraction of sp³-hybridized carbons (Fsp3) is 0.902. The molecule has 0 radical (unpaired) electrons. The number of nitrogens with zero attached hydrogens (tertiary/aromatic N) is 1. The number of piperidine rings is 1. The van der Waals surface area contributed by atoms with Crippen LogP contribution in [0.3, 0.4) is 0 Å². The molecule has 69 heavy (non-hydrogen) atoms. The zero-order chi connectivity index (χ0) is 49.5. The molecule has 10 atom stereocenters.